The van der Waals surface area contributed by atoms with Crippen LogP contribution in [-0.4, -0.2) is 39.7 Å². The number of carboxylic acids is 2. The molecule has 2 N–H and O–H groups in total. The summed E-state index contributed by atoms with van der Waals surface area (Å²) in [5.41, 5.74) is 1.81. The summed E-state index contributed by atoms with van der Waals surface area (Å²) in [6.07, 6.45) is 4.52. The van der Waals surface area contributed by atoms with Gasteiger partial charge in [0.25, 0.3) is 0 Å². The molecule has 0 amide bonds. The van der Waals surface area contributed by atoms with Crippen molar-refractivity contribution in [2.75, 3.05) is 13.1 Å². The first-order valence-electron chi connectivity index (χ1n) is 8.40. The Morgan fingerprint density at radius 3 is 1.91 bits per heavy atom. The molecule has 0 saturated heterocycles. The van der Waals surface area contributed by atoms with Gasteiger partial charge in [-0.15, -0.1) is 0 Å². The highest BCUT2D eigenvalue weighted by Crippen LogP contribution is 2.33. The van der Waals surface area contributed by atoms with Gasteiger partial charge in [-0.3, -0.25) is 0 Å². The van der Waals surface area contributed by atoms with Gasteiger partial charge < -0.3 is 14.7 Å². The number of nitrogens with zero attached hydrogens (tertiary/aromatic N) is 1. The van der Waals surface area contributed by atoms with Crippen LogP contribution < -0.4 is 0 Å². The van der Waals surface area contributed by atoms with E-state index < -0.39 is 11.9 Å². The molecule has 1 aliphatic heterocycles. The van der Waals surface area contributed by atoms with Gasteiger partial charge in [0.05, 0.1) is 24.2 Å². The minimum atomic E-state index is -1.17. The average molecular weight is 322 g/mol. The fourth-order valence-corrected chi connectivity index (χ4v) is 3.53. The molecule has 126 valence electrons. The SMILES string of the molecule is CCCC[N+]1(CCCC)Cc2cc(C(=O)O)c(C(O)=[18O])cc2C1. The van der Waals surface area contributed by atoms with Crippen LogP contribution in [0.15, 0.2) is 12.1 Å². The zero-order valence-electron chi connectivity index (χ0n) is 14.0. The van der Waals surface area contributed by atoms with Crippen molar-refractivity contribution in [1.29, 1.82) is 0 Å². The molecule has 1 heterocycles. The molecule has 0 bridgehead atoms. The first kappa shape index (κ1) is 17.5. The molecule has 1 aliphatic rings. The average Bonchev–Trinajstić information content (AvgIpc) is 2.87. The second kappa shape index (κ2) is 7.13. The van der Waals surface area contributed by atoms with Gasteiger partial charge in [0.2, 0.25) is 0 Å². The lowest BCUT2D eigenvalue weighted by Crippen LogP contribution is -2.44. The minimum absolute atomic E-state index is 0.0952. The van der Waals surface area contributed by atoms with E-state index in [-0.39, 0.29) is 11.1 Å². The molecule has 1 aromatic carbocycles. The highest BCUT2D eigenvalue weighted by Gasteiger charge is 2.36. The standard InChI is InChI=1S/C18H25NO4/c1-3-5-7-19(8-6-4-2)11-13-9-15(17(20)21)16(18(22)23)10-14(13)12-19/h9-10H,3-8,11-12H2,1-2H3,(H-,20,21,22,23)/p+1/i20+2. The molecule has 0 saturated carbocycles. The summed E-state index contributed by atoms with van der Waals surface area (Å²) in [5.74, 6) is -2.34. The molecule has 0 radical (unpaired) electrons. The lowest BCUT2D eigenvalue weighted by atomic mass is 10.0. The number of quaternary nitrogens is 1. The molecule has 0 aromatic heterocycles. The summed E-state index contributed by atoms with van der Waals surface area (Å²) in [7, 11) is 0. The molecule has 0 spiro atoms. The topological polar surface area (TPSA) is 74.6 Å². The summed E-state index contributed by atoms with van der Waals surface area (Å²) >= 11 is 0. The van der Waals surface area contributed by atoms with Gasteiger partial charge in [-0.05, 0) is 25.0 Å². The second-order valence-corrected chi connectivity index (χ2v) is 6.59. The first-order valence-corrected chi connectivity index (χ1v) is 8.40. The number of hydrogen-bond acceptors (Lipinski definition) is 2. The van der Waals surface area contributed by atoms with E-state index in [4.69, 9.17) is 0 Å². The van der Waals surface area contributed by atoms with Crippen molar-refractivity contribution in [3.05, 3.63) is 34.4 Å². The van der Waals surface area contributed by atoms with E-state index in [9.17, 15) is 19.8 Å². The Kier molecular flexibility index (Phi) is 5.42. The number of hydrogen-bond donors (Lipinski definition) is 2. The molecule has 23 heavy (non-hydrogen) atoms. The van der Waals surface area contributed by atoms with Crippen molar-refractivity contribution in [3.8, 4) is 0 Å². The van der Waals surface area contributed by atoms with Crippen molar-refractivity contribution in [3.63, 3.8) is 0 Å². The van der Waals surface area contributed by atoms with Crippen molar-refractivity contribution in [1.82, 2.24) is 0 Å². The largest absolute Gasteiger partial charge is 0.478 e. The Hall–Kier alpha value is -1.88. The summed E-state index contributed by atoms with van der Waals surface area (Å²) < 4.78 is 0.930. The van der Waals surface area contributed by atoms with Crippen molar-refractivity contribution >= 4 is 11.9 Å². The number of carboxylic acid groups (broad SMARTS) is 2. The molecule has 0 atom stereocenters. The molecular weight excluding hydrogens is 296 g/mol. The van der Waals surface area contributed by atoms with Gasteiger partial charge >= 0.3 is 11.9 Å². The van der Waals surface area contributed by atoms with Crippen LogP contribution in [-0.2, 0) is 13.1 Å². The number of fused-ring (bicyclic) bond motifs is 1. The van der Waals surface area contributed by atoms with E-state index in [1.165, 1.54) is 0 Å². The van der Waals surface area contributed by atoms with Crippen LogP contribution in [0.3, 0.4) is 0 Å². The predicted molar refractivity (Wildman–Crippen MR) is 87.6 cm³/mol. The summed E-state index contributed by atoms with van der Waals surface area (Å²) in [4.78, 5) is 22.7. The molecule has 5 heteroatoms. The van der Waals surface area contributed by atoms with Crippen molar-refractivity contribution < 1.29 is 24.3 Å². The van der Waals surface area contributed by atoms with E-state index in [0.717, 1.165) is 67.5 Å². The monoisotopic (exact) mass is 322 g/mol. The molecule has 5 nitrogen and oxygen atoms in total. The number of carbonyl (C=O) groups is 2. The minimum Gasteiger partial charge on any atom is -0.478 e. The third-order valence-corrected chi connectivity index (χ3v) is 4.78. The van der Waals surface area contributed by atoms with Gasteiger partial charge in [0.1, 0.15) is 13.1 Å². The van der Waals surface area contributed by atoms with Crippen LogP contribution in [0.25, 0.3) is 0 Å². The smallest absolute Gasteiger partial charge is 0.336 e. The molecular formula is C18H26NO4+. The fraction of sp³-hybridized carbons (Fsp3) is 0.556. The Bertz CT molecular complexity index is 556. The number of benzene rings is 1. The van der Waals surface area contributed by atoms with Gasteiger partial charge in [-0.1, -0.05) is 26.7 Å². The van der Waals surface area contributed by atoms with Crippen molar-refractivity contribution in [2.45, 2.75) is 52.6 Å². The van der Waals surface area contributed by atoms with Crippen LogP contribution in [0, 0.1) is 0 Å². The van der Waals surface area contributed by atoms with Crippen LogP contribution in [0.5, 0.6) is 0 Å². The van der Waals surface area contributed by atoms with Crippen LogP contribution in [0.1, 0.15) is 71.4 Å². The number of rotatable bonds is 8. The normalized spacial score (nSPS) is 15.4. The first-order chi connectivity index (χ1) is 10.9. The lowest BCUT2D eigenvalue weighted by molar-refractivity contribution is -0.947. The Morgan fingerprint density at radius 2 is 1.52 bits per heavy atom. The Balaban J connectivity index is 2.37. The van der Waals surface area contributed by atoms with Gasteiger partial charge in [-0.25, -0.2) is 9.59 Å². The second-order valence-electron chi connectivity index (χ2n) is 6.59. The maximum atomic E-state index is 11.4. The zero-order chi connectivity index (χ0) is 17.0. The highest BCUT2D eigenvalue weighted by atomic mass is 18.1. The molecule has 0 aliphatic carbocycles. The number of aromatic carboxylic acids is 2. The van der Waals surface area contributed by atoms with Crippen LogP contribution >= 0.6 is 0 Å². The zero-order valence-corrected chi connectivity index (χ0v) is 14.0. The van der Waals surface area contributed by atoms with Crippen molar-refractivity contribution in [2.24, 2.45) is 0 Å². The highest BCUT2D eigenvalue weighted by molar-refractivity contribution is 6.02. The predicted octanol–water partition coefficient (Wildman–Crippen LogP) is 3.51. The molecule has 0 unspecified atom stereocenters. The van der Waals surface area contributed by atoms with Crippen LogP contribution in [0.2, 0.25) is 0 Å². The lowest BCUT2D eigenvalue weighted by Gasteiger charge is -2.34. The summed E-state index contributed by atoms with van der Waals surface area (Å²) in [5, 5.41) is 18.6. The fourth-order valence-electron chi connectivity index (χ4n) is 3.53. The van der Waals surface area contributed by atoms with E-state index in [2.05, 4.69) is 13.8 Å². The van der Waals surface area contributed by atoms with E-state index in [1.54, 1.807) is 12.1 Å². The summed E-state index contributed by atoms with van der Waals surface area (Å²) in [6, 6.07) is 3.16. The van der Waals surface area contributed by atoms with E-state index >= 15 is 0 Å². The van der Waals surface area contributed by atoms with E-state index in [1.807, 2.05) is 0 Å². The van der Waals surface area contributed by atoms with Gasteiger partial charge in [-0.2, -0.15) is 0 Å². The third kappa shape index (κ3) is 3.72. The maximum Gasteiger partial charge on any atom is 0.336 e. The molecule has 2 rings (SSSR count). The van der Waals surface area contributed by atoms with Gasteiger partial charge in [0.15, 0.2) is 0 Å². The maximum absolute atomic E-state index is 11.4. The quantitative estimate of drug-likeness (QED) is 0.567. The van der Waals surface area contributed by atoms with E-state index in [0.29, 0.717) is 0 Å². The molecule has 0 fully saturated rings. The Labute approximate surface area is 137 Å². The Morgan fingerprint density at radius 1 is 1.04 bits per heavy atom. The van der Waals surface area contributed by atoms with Gasteiger partial charge in [0, 0.05) is 11.1 Å². The third-order valence-electron chi connectivity index (χ3n) is 4.78. The van der Waals surface area contributed by atoms with Crippen LogP contribution in [0.4, 0.5) is 0 Å². The summed E-state index contributed by atoms with van der Waals surface area (Å²) in [6.45, 7) is 8.10. The number of unbranched alkanes of at least 4 members (excludes halogenated alkanes) is 2. The molecule has 1 aromatic rings.